The quantitative estimate of drug-likeness (QED) is 0.892. The number of ether oxygens (including phenoxy) is 1. The molecule has 0 spiro atoms. The number of hydrogen-bond acceptors (Lipinski definition) is 4. The van der Waals surface area contributed by atoms with Gasteiger partial charge in [-0.05, 0) is 29.3 Å². The fourth-order valence-corrected chi connectivity index (χ4v) is 2.75. The van der Waals surface area contributed by atoms with Crippen molar-refractivity contribution in [3.63, 3.8) is 0 Å². The number of nitrogens with one attached hydrogen (secondary N) is 1. The van der Waals surface area contributed by atoms with E-state index in [0.29, 0.717) is 13.1 Å². The number of urea groups is 1. The molecule has 2 aromatic rings. The van der Waals surface area contributed by atoms with Crippen LogP contribution in [0.5, 0.6) is 0 Å². The van der Waals surface area contributed by atoms with Crippen LogP contribution in [0.2, 0.25) is 0 Å². The number of pyridine rings is 1. The highest BCUT2D eigenvalue weighted by Crippen LogP contribution is 2.13. The SMILES string of the molecule is CN(Cc1ccc(F)cc1)C(=O)NCc1ccc(N2CCOCC2)nc1. The molecule has 2 amide bonds. The lowest BCUT2D eigenvalue weighted by Crippen LogP contribution is -2.37. The lowest BCUT2D eigenvalue weighted by molar-refractivity contribution is 0.122. The summed E-state index contributed by atoms with van der Waals surface area (Å²) < 4.78 is 18.3. The molecule has 138 valence electrons. The Morgan fingerprint density at radius 3 is 2.54 bits per heavy atom. The maximum Gasteiger partial charge on any atom is 0.317 e. The van der Waals surface area contributed by atoms with Crippen LogP contribution in [0, 0.1) is 5.82 Å². The van der Waals surface area contributed by atoms with Gasteiger partial charge in [-0.15, -0.1) is 0 Å². The second-order valence-corrected chi connectivity index (χ2v) is 6.27. The largest absolute Gasteiger partial charge is 0.378 e. The molecule has 3 rings (SSSR count). The van der Waals surface area contributed by atoms with Crippen LogP contribution in [-0.2, 0) is 17.8 Å². The molecule has 0 bridgehead atoms. The van der Waals surface area contributed by atoms with E-state index >= 15 is 0 Å². The molecule has 0 aliphatic carbocycles. The van der Waals surface area contributed by atoms with E-state index in [1.165, 1.54) is 12.1 Å². The van der Waals surface area contributed by atoms with Crippen molar-refractivity contribution in [1.82, 2.24) is 15.2 Å². The van der Waals surface area contributed by atoms with E-state index < -0.39 is 0 Å². The number of benzene rings is 1. The number of amides is 2. The number of nitrogens with zero attached hydrogens (tertiary/aromatic N) is 3. The fraction of sp³-hybridized carbons (Fsp3) is 0.368. The molecule has 0 unspecified atom stereocenters. The van der Waals surface area contributed by atoms with Crippen molar-refractivity contribution in [2.75, 3.05) is 38.3 Å². The Balaban J connectivity index is 1.48. The third-order valence-electron chi connectivity index (χ3n) is 4.27. The maximum absolute atomic E-state index is 12.9. The number of carbonyl (C=O) groups is 1. The van der Waals surface area contributed by atoms with E-state index in [-0.39, 0.29) is 11.8 Å². The summed E-state index contributed by atoms with van der Waals surface area (Å²) in [4.78, 5) is 20.4. The molecular formula is C19H23FN4O2. The molecule has 0 saturated carbocycles. The Bertz CT molecular complexity index is 715. The van der Waals surface area contributed by atoms with Crippen molar-refractivity contribution >= 4 is 11.8 Å². The number of anilines is 1. The summed E-state index contributed by atoms with van der Waals surface area (Å²) >= 11 is 0. The number of carbonyl (C=O) groups excluding carboxylic acids is 1. The van der Waals surface area contributed by atoms with Crippen LogP contribution >= 0.6 is 0 Å². The van der Waals surface area contributed by atoms with Gasteiger partial charge in [-0.3, -0.25) is 0 Å². The number of rotatable bonds is 5. The van der Waals surface area contributed by atoms with Gasteiger partial charge in [0.2, 0.25) is 0 Å². The van der Waals surface area contributed by atoms with Crippen LogP contribution in [-0.4, -0.2) is 49.3 Å². The Morgan fingerprint density at radius 1 is 1.19 bits per heavy atom. The zero-order valence-electron chi connectivity index (χ0n) is 14.8. The van der Waals surface area contributed by atoms with E-state index in [0.717, 1.165) is 43.2 Å². The minimum absolute atomic E-state index is 0.188. The van der Waals surface area contributed by atoms with Gasteiger partial charge in [0.1, 0.15) is 11.6 Å². The normalized spacial score (nSPS) is 14.2. The summed E-state index contributed by atoms with van der Waals surface area (Å²) in [6, 6.07) is 9.88. The third kappa shape index (κ3) is 4.92. The van der Waals surface area contributed by atoms with Gasteiger partial charge < -0.3 is 19.9 Å². The Kier molecular flexibility index (Phi) is 6.01. The van der Waals surface area contributed by atoms with Crippen LogP contribution in [0.1, 0.15) is 11.1 Å². The second kappa shape index (κ2) is 8.62. The number of hydrogen-bond donors (Lipinski definition) is 1. The highest BCUT2D eigenvalue weighted by atomic mass is 19.1. The van der Waals surface area contributed by atoms with Crippen LogP contribution in [0.25, 0.3) is 0 Å². The van der Waals surface area contributed by atoms with Gasteiger partial charge in [-0.25, -0.2) is 14.2 Å². The first-order chi connectivity index (χ1) is 12.6. The van der Waals surface area contributed by atoms with Crippen molar-refractivity contribution in [1.29, 1.82) is 0 Å². The van der Waals surface area contributed by atoms with E-state index in [9.17, 15) is 9.18 Å². The first kappa shape index (κ1) is 18.1. The number of morpholine rings is 1. The zero-order valence-corrected chi connectivity index (χ0v) is 14.8. The second-order valence-electron chi connectivity index (χ2n) is 6.27. The molecule has 0 atom stereocenters. The molecule has 7 heteroatoms. The van der Waals surface area contributed by atoms with Gasteiger partial charge in [0.25, 0.3) is 0 Å². The maximum atomic E-state index is 12.9. The molecule has 1 saturated heterocycles. The predicted molar refractivity (Wildman–Crippen MR) is 97.4 cm³/mol. The monoisotopic (exact) mass is 358 g/mol. The summed E-state index contributed by atoms with van der Waals surface area (Å²) in [5.74, 6) is 0.644. The Hall–Kier alpha value is -2.67. The Labute approximate surface area is 152 Å². The summed E-state index contributed by atoms with van der Waals surface area (Å²) in [7, 11) is 1.71. The van der Waals surface area contributed by atoms with Crippen LogP contribution in [0.3, 0.4) is 0 Å². The molecular weight excluding hydrogens is 335 g/mol. The van der Waals surface area contributed by atoms with Crippen molar-refractivity contribution in [3.8, 4) is 0 Å². The van der Waals surface area contributed by atoms with Gasteiger partial charge >= 0.3 is 6.03 Å². The summed E-state index contributed by atoms with van der Waals surface area (Å²) in [5, 5.41) is 2.87. The van der Waals surface area contributed by atoms with Gasteiger partial charge in [0, 0.05) is 39.4 Å². The van der Waals surface area contributed by atoms with Crippen molar-refractivity contribution in [2.24, 2.45) is 0 Å². The predicted octanol–water partition coefficient (Wildman–Crippen LogP) is 2.40. The van der Waals surface area contributed by atoms with E-state index in [4.69, 9.17) is 4.74 Å². The average Bonchev–Trinajstić information content (AvgIpc) is 2.69. The van der Waals surface area contributed by atoms with Crippen molar-refractivity contribution in [2.45, 2.75) is 13.1 Å². The highest BCUT2D eigenvalue weighted by molar-refractivity contribution is 5.73. The minimum Gasteiger partial charge on any atom is -0.378 e. The first-order valence-corrected chi connectivity index (χ1v) is 8.63. The molecule has 1 fully saturated rings. The molecule has 2 heterocycles. The lowest BCUT2D eigenvalue weighted by atomic mass is 10.2. The van der Waals surface area contributed by atoms with Gasteiger partial charge in [0.15, 0.2) is 0 Å². The van der Waals surface area contributed by atoms with Crippen LogP contribution < -0.4 is 10.2 Å². The number of aromatic nitrogens is 1. The Morgan fingerprint density at radius 2 is 1.88 bits per heavy atom. The fourth-order valence-electron chi connectivity index (χ4n) is 2.75. The van der Waals surface area contributed by atoms with Gasteiger partial charge in [0.05, 0.1) is 13.2 Å². The standard InChI is InChI=1S/C19H23FN4O2/c1-23(14-15-2-5-17(20)6-3-15)19(25)22-13-16-4-7-18(21-12-16)24-8-10-26-11-9-24/h2-7,12H,8-11,13-14H2,1H3,(H,22,25). The summed E-state index contributed by atoms with van der Waals surface area (Å²) in [6.45, 7) is 3.96. The third-order valence-corrected chi connectivity index (χ3v) is 4.27. The minimum atomic E-state index is -0.283. The van der Waals surface area contributed by atoms with E-state index in [1.54, 1.807) is 30.3 Å². The van der Waals surface area contributed by atoms with E-state index in [1.807, 2.05) is 12.1 Å². The van der Waals surface area contributed by atoms with Crippen molar-refractivity contribution < 1.29 is 13.9 Å². The molecule has 1 aliphatic rings. The lowest BCUT2D eigenvalue weighted by Gasteiger charge is -2.27. The van der Waals surface area contributed by atoms with Crippen LogP contribution in [0.15, 0.2) is 42.6 Å². The molecule has 1 N–H and O–H groups in total. The highest BCUT2D eigenvalue weighted by Gasteiger charge is 2.12. The van der Waals surface area contributed by atoms with Gasteiger partial charge in [-0.1, -0.05) is 18.2 Å². The molecule has 0 radical (unpaired) electrons. The average molecular weight is 358 g/mol. The smallest absolute Gasteiger partial charge is 0.317 e. The molecule has 6 nitrogen and oxygen atoms in total. The molecule has 1 aliphatic heterocycles. The van der Waals surface area contributed by atoms with E-state index in [2.05, 4.69) is 15.2 Å². The molecule has 1 aromatic carbocycles. The first-order valence-electron chi connectivity index (χ1n) is 8.63. The zero-order chi connectivity index (χ0) is 18.4. The summed E-state index contributed by atoms with van der Waals surface area (Å²) in [5.41, 5.74) is 1.81. The summed E-state index contributed by atoms with van der Waals surface area (Å²) in [6.07, 6.45) is 1.78. The van der Waals surface area contributed by atoms with Gasteiger partial charge in [-0.2, -0.15) is 0 Å². The molecule has 26 heavy (non-hydrogen) atoms. The molecule has 1 aromatic heterocycles. The topological polar surface area (TPSA) is 57.7 Å². The number of halogens is 1. The van der Waals surface area contributed by atoms with Crippen molar-refractivity contribution in [3.05, 3.63) is 59.5 Å². The van der Waals surface area contributed by atoms with Crippen LogP contribution in [0.4, 0.5) is 15.0 Å².